The number of carbonyl (C=O) groups is 4. The van der Waals surface area contributed by atoms with Gasteiger partial charge in [-0.1, -0.05) is 75.4 Å². The van der Waals surface area contributed by atoms with Crippen LogP contribution in [0, 0.1) is 10.8 Å². The lowest BCUT2D eigenvalue weighted by molar-refractivity contribution is -0.141. The molecule has 0 heterocycles. The Balaban J connectivity index is 1.71. The van der Waals surface area contributed by atoms with Crippen LogP contribution >= 0.6 is 0 Å². The van der Waals surface area contributed by atoms with E-state index in [9.17, 15) is 19.2 Å². The van der Waals surface area contributed by atoms with Crippen molar-refractivity contribution in [1.29, 1.82) is 5.41 Å². The van der Waals surface area contributed by atoms with Crippen molar-refractivity contribution in [3.05, 3.63) is 125 Å². The molecule has 0 saturated carbocycles. The van der Waals surface area contributed by atoms with Gasteiger partial charge in [0.2, 0.25) is 0 Å². The smallest absolute Gasteiger partial charge is 0.339 e. The summed E-state index contributed by atoms with van der Waals surface area (Å²) in [6, 6.07) is 26.6. The van der Waals surface area contributed by atoms with Crippen LogP contribution in [0.4, 0.5) is 5.69 Å². The quantitative estimate of drug-likeness (QED) is 0.0900. The molecule has 4 aromatic rings. The molecule has 0 fully saturated rings. The van der Waals surface area contributed by atoms with E-state index in [1.54, 1.807) is 60.7 Å². The number of anilines is 1. The second-order valence-corrected chi connectivity index (χ2v) is 12.0. The monoisotopic (exact) mass is 634 g/mol. The van der Waals surface area contributed by atoms with Crippen LogP contribution < -0.4 is 16.4 Å². The first kappa shape index (κ1) is 34.1. The maximum absolute atomic E-state index is 13.7. The summed E-state index contributed by atoms with van der Waals surface area (Å²) in [5.74, 6) is -2.16. The average molecular weight is 635 g/mol. The zero-order chi connectivity index (χ0) is 34.1. The van der Waals surface area contributed by atoms with Gasteiger partial charge in [0.05, 0.1) is 19.1 Å². The lowest BCUT2D eigenvalue weighted by atomic mass is 9.84. The molecule has 2 amide bonds. The number of amides is 2. The van der Waals surface area contributed by atoms with E-state index in [0.29, 0.717) is 22.4 Å². The van der Waals surface area contributed by atoms with E-state index in [2.05, 4.69) is 10.6 Å². The van der Waals surface area contributed by atoms with Crippen LogP contribution in [0.25, 0.3) is 11.1 Å². The van der Waals surface area contributed by atoms with Crippen molar-refractivity contribution >= 4 is 35.3 Å². The lowest BCUT2D eigenvalue weighted by Gasteiger charge is -2.30. The predicted octanol–water partition coefficient (Wildman–Crippen LogP) is 5.95. The van der Waals surface area contributed by atoms with Gasteiger partial charge in [0.1, 0.15) is 12.4 Å². The Kier molecular flexibility index (Phi) is 10.9. The molecule has 0 aliphatic heterocycles. The topological polar surface area (TPSA) is 161 Å². The van der Waals surface area contributed by atoms with Crippen LogP contribution in [0.15, 0.2) is 97.1 Å². The number of amidine groups is 1. The molecule has 4 rings (SSSR count). The van der Waals surface area contributed by atoms with E-state index in [4.69, 9.17) is 20.6 Å². The molecular formula is C37H38N4O6. The van der Waals surface area contributed by atoms with Crippen molar-refractivity contribution < 1.29 is 28.7 Å². The molecule has 10 nitrogen and oxygen atoms in total. The van der Waals surface area contributed by atoms with Crippen LogP contribution in [0.3, 0.4) is 0 Å². The minimum atomic E-state index is -0.685. The number of nitrogens with two attached hydrogens (primary N) is 1. The van der Waals surface area contributed by atoms with Gasteiger partial charge in [0, 0.05) is 28.4 Å². The predicted molar refractivity (Wildman–Crippen MR) is 180 cm³/mol. The Labute approximate surface area is 273 Å². The zero-order valence-corrected chi connectivity index (χ0v) is 26.8. The van der Waals surface area contributed by atoms with E-state index in [1.807, 2.05) is 51.1 Å². The first-order valence-electron chi connectivity index (χ1n) is 15.0. The highest BCUT2D eigenvalue weighted by atomic mass is 16.5. The zero-order valence-electron chi connectivity index (χ0n) is 26.8. The maximum atomic E-state index is 13.7. The molecule has 10 heteroatoms. The minimum Gasteiger partial charge on any atom is -0.469 e. The summed E-state index contributed by atoms with van der Waals surface area (Å²) < 4.78 is 10.5. The second-order valence-electron chi connectivity index (χ2n) is 12.0. The number of nitrogens with one attached hydrogen (secondary N) is 3. The number of benzene rings is 4. The number of methoxy groups -OCH3 is 1. The minimum absolute atomic E-state index is 0.000837. The summed E-state index contributed by atoms with van der Waals surface area (Å²) >= 11 is 0. The first-order chi connectivity index (χ1) is 22.4. The van der Waals surface area contributed by atoms with Crippen LogP contribution in [0.1, 0.15) is 69.4 Å². The largest absolute Gasteiger partial charge is 0.469 e. The third-order valence-electron chi connectivity index (χ3n) is 7.58. The summed E-state index contributed by atoms with van der Waals surface area (Å²) in [6.45, 7) is 5.70. The van der Waals surface area contributed by atoms with Gasteiger partial charge in [-0.25, -0.2) is 4.79 Å². The average Bonchev–Trinajstić information content (AvgIpc) is 3.06. The number of ether oxygens (including phenoxy) is 2. The summed E-state index contributed by atoms with van der Waals surface area (Å²) in [5, 5.41) is 13.3. The molecule has 1 atom stereocenters. The lowest BCUT2D eigenvalue weighted by Crippen LogP contribution is -2.45. The summed E-state index contributed by atoms with van der Waals surface area (Å²) in [7, 11) is 1.29. The van der Waals surface area contributed by atoms with E-state index < -0.39 is 35.2 Å². The Bertz CT molecular complexity index is 1780. The van der Waals surface area contributed by atoms with Gasteiger partial charge in [-0.05, 0) is 64.6 Å². The van der Waals surface area contributed by atoms with Crippen molar-refractivity contribution in [2.45, 2.75) is 39.8 Å². The number of esters is 2. The molecule has 4 aromatic carbocycles. The normalized spacial score (nSPS) is 11.6. The van der Waals surface area contributed by atoms with Gasteiger partial charge in [0.25, 0.3) is 11.8 Å². The fourth-order valence-corrected chi connectivity index (χ4v) is 4.80. The van der Waals surface area contributed by atoms with Gasteiger partial charge >= 0.3 is 11.9 Å². The van der Waals surface area contributed by atoms with Crippen LogP contribution in [0.2, 0.25) is 0 Å². The highest BCUT2D eigenvalue weighted by Gasteiger charge is 2.30. The number of carbonyl (C=O) groups excluding carboxylic acids is 4. The third kappa shape index (κ3) is 8.91. The van der Waals surface area contributed by atoms with Crippen molar-refractivity contribution in [3.8, 4) is 11.1 Å². The second kappa shape index (κ2) is 15.0. The number of rotatable bonds is 11. The van der Waals surface area contributed by atoms with E-state index >= 15 is 0 Å². The fourth-order valence-electron chi connectivity index (χ4n) is 4.80. The van der Waals surface area contributed by atoms with E-state index in [1.165, 1.54) is 13.2 Å². The molecule has 0 aliphatic carbocycles. The summed E-state index contributed by atoms with van der Waals surface area (Å²) in [6.07, 6.45) is -0.0320. The van der Waals surface area contributed by atoms with Gasteiger partial charge in [0.15, 0.2) is 0 Å². The number of hydrogen-bond donors (Lipinski definition) is 4. The van der Waals surface area contributed by atoms with Crippen molar-refractivity contribution in [1.82, 2.24) is 5.32 Å². The van der Waals surface area contributed by atoms with Crippen LogP contribution in [0.5, 0.6) is 0 Å². The fraction of sp³-hybridized carbons (Fsp3) is 0.216. The molecule has 0 aromatic heterocycles. The molecule has 242 valence electrons. The maximum Gasteiger partial charge on any atom is 0.339 e. The van der Waals surface area contributed by atoms with Gasteiger partial charge < -0.3 is 25.8 Å². The van der Waals surface area contributed by atoms with Crippen LogP contribution in [-0.4, -0.2) is 42.7 Å². The molecule has 0 bridgehead atoms. The van der Waals surface area contributed by atoms with E-state index in [0.717, 1.165) is 5.56 Å². The Morgan fingerprint density at radius 1 is 0.787 bits per heavy atom. The van der Waals surface area contributed by atoms with Crippen molar-refractivity contribution in [2.24, 2.45) is 11.1 Å². The standard InChI is InChI=1S/C37H38N4O6/c1-37(2,3)31(21-32(42)46-4)41-34(43)25-16-19-28(30(20-25)36(45)47-22-23-10-6-5-7-11-23)27-12-8-9-13-29(27)35(44)40-26-17-14-24(15-18-26)33(38)39/h5-20,31H,21-22H2,1-4H3,(H3,38,39)(H,40,44)(H,41,43). The van der Waals surface area contributed by atoms with Gasteiger partial charge in [-0.15, -0.1) is 0 Å². The molecule has 47 heavy (non-hydrogen) atoms. The molecule has 0 saturated heterocycles. The van der Waals surface area contributed by atoms with E-state index in [-0.39, 0.29) is 35.6 Å². The van der Waals surface area contributed by atoms with Gasteiger partial charge in [-0.3, -0.25) is 19.8 Å². The highest BCUT2D eigenvalue weighted by molar-refractivity contribution is 6.11. The van der Waals surface area contributed by atoms with Gasteiger partial charge in [-0.2, -0.15) is 0 Å². The number of nitrogen functional groups attached to an aromatic ring is 1. The van der Waals surface area contributed by atoms with Crippen molar-refractivity contribution in [3.63, 3.8) is 0 Å². The summed E-state index contributed by atoms with van der Waals surface area (Å²) in [5.41, 5.74) is 8.23. The third-order valence-corrected chi connectivity index (χ3v) is 7.58. The SMILES string of the molecule is COC(=O)CC(NC(=O)c1ccc(-c2ccccc2C(=O)Nc2ccc(C(=N)N)cc2)c(C(=O)OCc2ccccc2)c1)C(C)(C)C. The molecular weight excluding hydrogens is 596 g/mol. The molecule has 1 unspecified atom stereocenters. The van der Waals surface area contributed by atoms with Crippen LogP contribution in [-0.2, 0) is 20.9 Å². The Morgan fingerprint density at radius 3 is 2.04 bits per heavy atom. The number of hydrogen-bond acceptors (Lipinski definition) is 7. The first-order valence-corrected chi connectivity index (χ1v) is 15.0. The van der Waals surface area contributed by atoms with Crippen molar-refractivity contribution in [2.75, 3.05) is 12.4 Å². The molecule has 0 aliphatic rings. The Morgan fingerprint density at radius 2 is 1.40 bits per heavy atom. The molecule has 0 radical (unpaired) electrons. The molecule has 5 N–H and O–H groups in total. The molecule has 0 spiro atoms. The Hall–Kier alpha value is -5.77. The highest BCUT2D eigenvalue weighted by Crippen LogP contribution is 2.30. The summed E-state index contributed by atoms with van der Waals surface area (Å²) in [4.78, 5) is 52.8.